The summed E-state index contributed by atoms with van der Waals surface area (Å²) in [6, 6.07) is 0. The molecule has 12 N–H and O–H groups in total. The molecule has 8 rings (SSSR count). The number of carboxylic acid groups (broad SMARTS) is 1. The van der Waals surface area contributed by atoms with Crippen LogP contribution in [0.2, 0.25) is 0 Å². The number of aliphatic hydroxyl groups excluding tert-OH is 11. The Kier molecular flexibility index (Phi) is 16.2. The molecule has 7 fully saturated rings. The lowest BCUT2D eigenvalue weighted by Gasteiger charge is -2.72. The topological polar surface area (TPSA) is 342 Å². The molecule has 21 nitrogen and oxygen atoms in total. The van der Waals surface area contributed by atoms with Crippen LogP contribution in [0, 0.1) is 56.2 Å². The molecular formula is C53H86O21. The number of ether oxygens (including phenoxy) is 7. The fourth-order valence-corrected chi connectivity index (χ4v) is 15.9. The largest absolute Gasteiger partial charge is 0.479 e. The summed E-state index contributed by atoms with van der Waals surface area (Å²) in [6.45, 7) is 19.0. The molecule has 74 heavy (non-hydrogen) atoms. The number of aliphatic carboxylic acids is 1. The fraction of sp³-hybridized carbons (Fsp3) is 0.925. The van der Waals surface area contributed by atoms with Gasteiger partial charge >= 0.3 is 11.9 Å². The Morgan fingerprint density at radius 2 is 1.32 bits per heavy atom. The number of hydrogen-bond donors (Lipinski definition) is 12. The van der Waals surface area contributed by atoms with Crippen molar-refractivity contribution in [2.75, 3.05) is 13.2 Å². The molecule has 0 spiro atoms. The van der Waals surface area contributed by atoms with Crippen molar-refractivity contribution in [3.05, 3.63) is 11.6 Å². The van der Waals surface area contributed by atoms with Crippen LogP contribution >= 0.6 is 0 Å². The quantitative estimate of drug-likeness (QED) is 0.0708. The van der Waals surface area contributed by atoms with Crippen LogP contribution in [0.3, 0.4) is 0 Å². The SMILES string of the molecule is CC(C)CC(=O)OC[C@@]12[C@H](O)C[C@]3(C)C(=CC[C@@H]4[C@@]5(C)CC[C@H](O[C@@H]6O[C@H](C(=O)O)[C@@H](O[C@@H]7O[C@@H](C)[C@H](O)[C@@H](O)[C@H]7O)[C@H](O)[C@H]6O[C@@H]6O[C@H](CO)[C@H](O)[C@H](O)[C@H]6O)C(C)(C)[C@@H]5CC[C@]43C)[C@@H]1CC(C)(C)[C@@H](O)[C@@H]2O. The van der Waals surface area contributed by atoms with Gasteiger partial charge < -0.3 is 94.4 Å². The standard InChI is InChI=1S/C53H86O21/c1-22(2)17-31(56)68-21-53-25(18-48(4,5)42(64)43(53)65)24-11-12-28-50(8)15-14-30(49(6,7)27(50)13-16-51(28,9)52(24,10)19-29(53)55)71-47-40(73-46-37(62)35(60)33(58)26(20-54)70-46)38(63)39(41(74-47)44(66)67)72-45-36(61)34(59)32(57)23(3)69-45/h11,22-23,25-30,32-43,45-47,54-55,57-65H,12-21H2,1-10H3,(H,66,67)/t23-,25-,26+,27-,28+,29+,30-,32-,33-,34+,35-,36+,37+,38-,39-,40+,41-,42-,43-,45-,46-,47+,50-,51+,52+,53-/m0/s1. The molecule has 8 aliphatic rings. The van der Waals surface area contributed by atoms with Crippen LogP contribution in [0.25, 0.3) is 0 Å². The smallest absolute Gasteiger partial charge is 0.335 e. The number of esters is 1. The highest BCUT2D eigenvalue weighted by Crippen LogP contribution is 2.76. The van der Waals surface area contributed by atoms with E-state index in [1.807, 2.05) is 27.7 Å². The van der Waals surface area contributed by atoms with Gasteiger partial charge in [0.25, 0.3) is 0 Å². The second kappa shape index (κ2) is 20.6. The van der Waals surface area contributed by atoms with Gasteiger partial charge in [0.1, 0.15) is 67.6 Å². The van der Waals surface area contributed by atoms with E-state index in [-0.39, 0.29) is 48.0 Å². The average molecular weight is 1060 g/mol. The van der Waals surface area contributed by atoms with Gasteiger partial charge in [-0.1, -0.05) is 74.0 Å². The van der Waals surface area contributed by atoms with Crippen molar-refractivity contribution >= 4 is 11.9 Å². The molecule has 0 amide bonds. The highest BCUT2D eigenvalue weighted by molar-refractivity contribution is 5.73. The van der Waals surface area contributed by atoms with Crippen LogP contribution in [0.4, 0.5) is 0 Å². The third-order valence-electron chi connectivity index (χ3n) is 20.4. The molecule has 4 saturated carbocycles. The Hall–Kier alpha value is -2.00. The van der Waals surface area contributed by atoms with Crippen molar-refractivity contribution in [1.29, 1.82) is 0 Å². The van der Waals surface area contributed by atoms with E-state index in [1.165, 1.54) is 6.92 Å². The number of allylic oxidation sites excluding steroid dienone is 2. The van der Waals surface area contributed by atoms with Crippen LogP contribution in [0.15, 0.2) is 11.6 Å². The third-order valence-corrected chi connectivity index (χ3v) is 20.4. The molecule has 0 bridgehead atoms. The van der Waals surface area contributed by atoms with Gasteiger partial charge in [-0.15, -0.1) is 0 Å². The lowest BCUT2D eigenvalue weighted by Crippen LogP contribution is -2.72. The Morgan fingerprint density at radius 1 is 0.703 bits per heavy atom. The first-order valence-electron chi connectivity index (χ1n) is 26.8. The fourth-order valence-electron chi connectivity index (χ4n) is 15.9. The van der Waals surface area contributed by atoms with Gasteiger partial charge in [0.2, 0.25) is 0 Å². The maximum atomic E-state index is 13.1. The summed E-state index contributed by atoms with van der Waals surface area (Å²) in [7, 11) is 0. The van der Waals surface area contributed by atoms with Crippen LogP contribution in [-0.4, -0.2) is 203 Å². The first-order chi connectivity index (χ1) is 34.3. The summed E-state index contributed by atoms with van der Waals surface area (Å²) in [4.78, 5) is 26.1. The molecule has 3 saturated heterocycles. The van der Waals surface area contributed by atoms with Crippen molar-refractivity contribution in [2.45, 2.75) is 237 Å². The molecule has 424 valence electrons. The van der Waals surface area contributed by atoms with Crippen molar-refractivity contribution in [3.63, 3.8) is 0 Å². The molecule has 3 heterocycles. The van der Waals surface area contributed by atoms with E-state index in [0.29, 0.717) is 32.1 Å². The molecule has 0 radical (unpaired) electrons. The molecule has 26 atom stereocenters. The maximum absolute atomic E-state index is 13.1. The predicted octanol–water partition coefficient (Wildman–Crippen LogP) is 0.243. The summed E-state index contributed by atoms with van der Waals surface area (Å²) in [6.07, 6.45) is -24.5. The van der Waals surface area contributed by atoms with E-state index in [2.05, 4.69) is 40.7 Å². The van der Waals surface area contributed by atoms with Gasteiger partial charge in [0.05, 0.1) is 42.5 Å². The molecule has 5 aliphatic carbocycles. The van der Waals surface area contributed by atoms with Crippen LogP contribution in [0.1, 0.15) is 121 Å². The Labute approximate surface area is 433 Å². The number of carbonyl (C=O) groups is 2. The molecule has 0 aromatic heterocycles. The first-order valence-corrected chi connectivity index (χ1v) is 26.8. The summed E-state index contributed by atoms with van der Waals surface area (Å²) in [5.41, 5.74) is -2.94. The lowest BCUT2D eigenvalue weighted by molar-refractivity contribution is -0.390. The highest BCUT2D eigenvalue weighted by Gasteiger charge is 2.73. The normalized spacial score (nSPS) is 51.9. The van der Waals surface area contributed by atoms with E-state index in [4.69, 9.17) is 33.2 Å². The molecule has 0 aromatic carbocycles. The summed E-state index contributed by atoms with van der Waals surface area (Å²) in [5, 5.41) is 133. The van der Waals surface area contributed by atoms with Gasteiger partial charge in [0.15, 0.2) is 25.0 Å². The Balaban J connectivity index is 1.09. The maximum Gasteiger partial charge on any atom is 0.335 e. The van der Waals surface area contributed by atoms with Crippen molar-refractivity contribution in [2.24, 2.45) is 56.2 Å². The number of rotatable bonds is 12. The zero-order valence-electron chi connectivity index (χ0n) is 44.5. The van der Waals surface area contributed by atoms with Gasteiger partial charge in [-0.05, 0) is 103 Å². The molecule has 3 aliphatic heterocycles. The van der Waals surface area contributed by atoms with Gasteiger partial charge in [-0.2, -0.15) is 0 Å². The molecular weight excluding hydrogens is 973 g/mol. The summed E-state index contributed by atoms with van der Waals surface area (Å²) in [5.74, 6) is -2.37. The van der Waals surface area contributed by atoms with Crippen LogP contribution < -0.4 is 0 Å². The lowest BCUT2D eigenvalue weighted by atomic mass is 9.33. The minimum Gasteiger partial charge on any atom is -0.479 e. The molecule has 0 aromatic rings. The number of hydrogen-bond acceptors (Lipinski definition) is 20. The van der Waals surface area contributed by atoms with Crippen molar-refractivity contribution in [1.82, 2.24) is 0 Å². The van der Waals surface area contributed by atoms with Crippen molar-refractivity contribution in [3.8, 4) is 0 Å². The van der Waals surface area contributed by atoms with Gasteiger partial charge in [-0.3, -0.25) is 4.79 Å². The Bertz CT molecular complexity index is 2070. The summed E-state index contributed by atoms with van der Waals surface area (Å²) < 4.78 is 42.2. The summed E-state index contributed by atoms with van der Waals surface area (Å²) >= 11 is 0. The van der Waals surface area contributed by atoms with E-state index < -0.39 is 163 Å². The van der Waals surface area contributed by atoms with Crippen molar-refractivity contribution < 1.29 is 104 Å². The van der Waals surface area contributed by atoms with Crippen LogP contribution in [0.5, 0.6) is 0 Å². The van der Waals surface area contributed by atoms with E-state index >= 15 is 0 Å². The second-order valence-electron chi connectivity index (χ2n) is 25.8. The third kappa shape index (κ3) is 9.23. The predicted molar refractivity (Wildman–Crippen MR) is 257 cm³/mol. The molecule has 0 unspecified atom stereocenters. The number of fused-ring (bicyclic) bond motifs is 7. The second-order valence-corrected chi connectivity index (χ2v) is 25.8. The number of aliphatic hydroxyl groups is 11. The number of carboxylic acids is 1. The monoisotopic (exact) mass is 1060 g/mol. The van der Waals surface area contributed by atoms with Crippen LogP contribution in [-0.2, 0) is 42.7 Å². The Morgan fingerprint density at radius 3 is 1.95 bits per heavy atom. The van der Waals surface area contributed by atoms with Gasteiger partial charge in [-0.25, -0.2) is 4.79 Å². The highest BCUT2D eigenvalue weighted by atomic mass is 16.8. The number of carbonyl (C=O) groups excluding carboxylic acids is 1. The van der Waals surface area contributed by atoms with E-state index in [1.54, 1.807) is 0 Å². The average Bonchev–Trinajstić information content (AvgIpc) is 3.31. The first kappa shape index (κ1) is 58.2. The molecule has 21 heteroatoms. The minimum absolute atomic E-state index is 0.0256. The zero-order valence-corrected chi connectivity index (χ0v) is 44.5. The zero-order chi connectivity index (χ0) is 54.7. The van der Waals surface area contributed by atoms with E-state index in [0.717, 1.165) is 12.0 Å². The van der Waals surface area contributed by atoms with Gasteiger partial charge in [0, 0.05) is 6.42 Å². The van der Waals surface area contributed by atoms with E-state index in [9.17, 15) is 70.9 Å². The minimum atomic E-state index is -2.04.